The summed E-state index contributed by atoms with van der Waals surface area (Å²) in [5.41, 5.74) is 0. The molecule has 1 aromatic carbocycles. The molecule has 1 heterocycles. The average molecular weight is 375 g/mol. The largest absolute Gasteiger partial charge is 0.432 e. The SMILES string of the molecule is CC1NCCCC1NS(=O)(=O)c1ccc(OC(F)F)c(F)c1.Cl. The third kappa shape index (κ3) is 5.23. The molecule has 1 aliphatic heterocycles. The molecule has 0 aliphatic carbocycles. The lowest BCUT2D eigenvalue weighted by molar-refractivity contribution is -0.0522. The van der Waals surface area contributed by atoms with Gasteiger partial charge in [-0.2, -0.15) is 8.78 Å². The van der Waals surface area contributed by atoms with Gasteiger partial charge in [-0.05, 0) is 44.5 Å². The monoisotopic (exact) mass is 374 g/mol. The molecule has 2 atom stereocenters. The molecule has 1 aliphatic rings. The second-order valence-electron chi connectivity index (χ2n) is 5.08. The summed E-state index contributed by atoms with van der Waals surface area (Å²) in [4.78, 5) is -0.329. The first-order valence-electron chi connectivity index (χ1n) is 6.79. The van der Waals surface area contributed by atoms with E-state index in [2.05, 4.69) is 14.8 Å². The highest BCUT2D eigenvalue weighted by Crippen LogP contribution is 2.23. The second-order valence-corrected chi connectivity index (χ2v) is 6.80. The fraction of sp³-hybridized carbons (Fsp3) is 0.538. The van der Waals surface area contributed by atoms with Crippen molar-refractivity contribution in [3.63, 3.8) is 0 Å². The number of benzene rings is 1. The molecule has 2 N–H and O–H groups in total. The number of piperidine rings is 1. The number of hydrogen-bond donors (Lipinski definition) is 2. The van der Waals surface area contributed by atoms with E-state index in [4.69, 9.17) is 0 Å². The summed E-state index contributed by atoms with van der Waals surface area (Å²) in [5.74, 6) is -1.85. The smallest absolute Gasteiger partial charge is 0.387 e. The molecular weight excluding hydrogens is 357 g/mol. The fourth-order valence-corrected chi connectivity index (χ4v) is 3.67. The van der Waals surface area contributed by atoms with Gasteiger partial charge in [-0.25, -0.2) is 17.5 Å². The Hall–Kier alpha value is -1.03. The topological polar surface area (TPSA) is 67.4 Å². The van der Waals surface area contributed by atoms with Crippen molar-refractivity contribution in [3.05, 3.63) is 24.0 Å². The Morgan fingerprint density at radius 3 is 2.65 bits per heavy atom. The zero-order valence-corrected chi connectivity index (χ0v) is 13.9. The first-order valence-corrected chi connectivity index (χ1v) is 8.28. The highest BCUT2D eigenvalue weighted by atomic mass is 35.5. The third-order valence-electron chi connectivity index (χ3n) is 3.50. The van der Waals surface area contributed by atoms with Crippen LogP contribution in [-0.2, 0) is 10.0 Å². The summed E-state index contributed by atoms with van der Waals surface area (Å²) in [7, 11) is -3.93. The highest BCUT2D eigenvalue weighted by molar-refractivity contribution is 7.89. The molecule has 0 radical (unpaired) electrons. The van der Waals surface area contributed by atoms with Gasteiger partial charge < -0.3 is 10.1 Å². The molecule has 0 aromatic heterocycles. The normalized spacial score (nSPS) is 21.8. The predicted octanol–water partition coefficient (Wildman–Crippen LogP) is 2.27. The number of halogens is 4. The highest BCUT2D eigenvalue weighted by Gasteiger charge is 2.27. The van der Waals surface area contributed by atoms with E-state index in [1.165, 1.54) is 0 Å². The van der Waals surface area contributed by atoms with Crippen LogP contribution in [0.15, 0.2) is 23.1 Å². The van der Waals surface area contributed by atoms with E-state index >= 15 is 0 Å². The van der Waals surface area contributed by atoms with Gasteiger partial charge in [0.1, 0.15) is 0 Å². The van der Waals surface area contributed by atoms with Crippen LogP contribution in [0.1, 0.15) is 19.8 Å². The van der Waals surface area contributed by atoms with Crippen LogP contribution in [-0.4, -0.2) is 33.7 Å². The Bertz CT molecular complexity index is 631. The van der Waals surface area contributed by atoms with Crippen molar-refractivity contribution in [2.24, 2.45) is 0 Å². The molecule has 10 heteroatoms. The van der Waals surface area contributed by atoms with Crippen molar-refractivity contribution < 1.29 is 26.3 Å². The summed E-state index contributed by atoms with van der Waals surface area (Å²) >= 11 is 0. The second kappa shape index (κ2) is 8.18. The van der Waals surface area contributed by atoms with Gasteiger partial charge in [0.2, 0.25) is 10.0 Å². The predicted molar refractivity (Wildman–Crippen MR) is 81.1 cm³/mol. The van der Waals surface area contributed by atoms with Gasteiger partial charge in [-0.1, -0.05) is 0 Å². The van der Waals surface area contributed by atoms with E-state index in [1.54, 1.807) is 0 Å². The number of rotatable bonds is 5. The minimum Gasteiger partial charge on any atom is -0.432 e. The number of hydrogen-bond acceptors (Lipinski definition) is 4. The lowest BCUT2D eigenvalue weighted by atomic mass is 10.0. The standard InChI is InChI=1S/C13H17F3N2O3S.ClH/c1-8-11(3-2-6-17-8)18-22(19,20)9-4-5-12(10(14)7-9)21-13(15)16;/h4-5,7-8,11,13,17-18H,2-3,6H2,1H3;1H. The van der Waals surface area contributed by atoms with Crippen LogP contribution >= 0.6 is 12.4 Å². The number of nitrogens with one attached hydrogen (secondary N) is 2. The maximum absolute atomic E-state index is 13.6. The lowest BCUT2D eigenvalue weighted by Gasteiger charge is -2.30. The molecule has 0 spiro atoms. The van der Waals surface area contributed by atoms with Crippen molar-refractivity contribution in [2.45, 2.75) is 43.4 Å². The Balaban J connectivity index is 0.00000264. The Morgan fingerprint density at radius 2 is 2.09 bits per heavy atom. The van der Waals surface area contributed by atoms with E-state index in [0.717, 1.165) is 25.1 Å². The molecule has 0 saturated carbocycles. The van der Waals surface area contributed by atoms with Gasteiger partial charge in [0.05, 0.1) is 4.90 Å². The van der Waals surface area contributed by atoms with E-state index in [-0.39, 0.29) is 29.4 Å². The summed E-state index contributed by atoms with van der Waals surface area (Å²) in [6.45, 7) is -0.510. The molecule has 0 bridgehead atoms. The number of alkyl halides is 2. The zero-order valence-electron chi connectivity index (χ0n) is 12.3. The number of ether oxygens (including phenoxy) is 1. The molecule has 1 fully saturated rings. The summed E-state index contributed by atoms with van der Waals surface area (Å²) < 4.78 is 68.7. The van der Waals surface area contributed by atoms with Crippen LogP contribution in [0.5, 0.6) is 5.75 Å². The first kappa shape index (κ1) is 20.0. The minimum atomic E-state index is -3.93. The Kier molecular flexibility index (Phi) is 7.12. The van der Waals surface area contributed by atoms with Gasteiger partial charge in [0.15, 0.2) is 11.6 Å². The maximum Gasteiger partial charge on any atom is 0.387 e. The Labute approximate surface area is 139 Å². The van der Waals surface area contributed by atoms with Crippen molar-refractivity contribution in [1.29, 1.82) is 0 Å². The van der Waals surface area contributed by atoms with Crippen LogP contribution < -0.4 is 14.8 Å². The van der Waals surface area contributed by atoms with Crippen LogP contribution in [0.4, 0.5) is 13.2 Å². The molecular formula is C13H18ClF3N2O3S. The molecule has 1 saturated heterocycles. The van der Waals surface area contributed by atoms with E-state index in [1.807, 2.05) is 6.92 Å². The third-order valence-corrected chi connectivity index (χ3v) is 4.99. The molecule has 5 nitrogen and oxygen atoms in total. The van der Waals surface area contributed by atoms with Gasteiger partial charge in [0.25, 0.3) is 0 Å². The van der Waals surface area contributed by atoms with Crippen LogP contribution in [0.2, 0.25) is 0 Å². The molecule has 2 unspecified atom stereocenters. The van der Waals surface area contributed by atoms with E-state index in [0.29, 0.717) is 12.5 Å². The van der Waals surface area contributed by atoms with Gasteiger partial charge >= 0.3 is 6.61 Å². The van der Waals surface area contributed by atoms with Gasteiger partial charge in [-0.3, -0.25) is 0 Å². The van der Waals surface area contributed by atoms with Crippen LogP contribution in [0.25, 0.3) is 0 Å². The van der Waals surface area contributed by atoms with Crippen molar-refractivity contribution in [2.75, 3.05) is 6.54 Å². The van der Waals surface area contributed by atoms with Crippen molar-refractivity contribution >= 4 is 22.4 Å². The number of sulfonamides is 1. The molecule has 23 heavy (non-hydrogen) atoms. The molecule has 2 rings (SSSR count). The van der Waals surface area contributed by atoms with Gasteiger partial charge in [0, 0.05) is 12.1 Å². The lowest BCUT2D eigenvalue weighted by Crippen LogP contribution is -2.51. The summed E-state index contributed by atoms with van der Waals surface area (Å²) in [5, 5.41) is 3.14. The van der Waals surface area contributed by atoms with Gasteiger partial charge in [-0.15, -0.1) is 12.4 Å². The summed E-state index contributed by atoms with van der Waals surface area (Å²) in [6, 6.07) is 2.22. The van der Waals surface area contributed by atoms with Crippen molar-refractivity contribution in [3.8, 4) is 5.75 Å². The van der Waals surface area contributed by atoms with E-state index < -0.39 is 28.2 Å². The molecule has 0 amide bonds. The fourth-order valence-electron chi connectivity index (χ4n) is 2.31. The van der Waals surface area contributed by atoms with Crippen molar-refractivity contribution in [1.82, 2.24) is 10.0 Å². The zero-order chi connectivity index (χ0) is 16.3. The van der Waals surface area contributed by atoms with Crippen LogP contribution in [0, 0.1) is 5.82 Å². The quantitative estimate of drug-likeness (QED) is 0.829. The first-order chi connectivity index (χ1) is 10.3. The molecule has 1 aromatic rings. The Morgan fingerprint density at radius 1 is 1.39 bits per heavy atom. The minimum absolute atomic E-state index is 0. The summed E-state index contributed by atoms with van der Waals surface area (Å²) in [6.07, 6.45) is 1.50. The molecule has 132 valence electrons. The van der Waals surface area contributed by atoms with E-state index in [9.17, 15) is 21.6 Å². The average Bonchev–Trinajstić information content (AvgIpc) is 2.43. The van der Waals surface area contributed by atoms with Crippen LogP contribution in [0.3, 0.4) is 0 Å². The maximum atomic E-state index is 13.6.